The fourth-order valence-electron chi connectivity index (χ4n) is 3.19. The van der Waals surface area contributed by atoms with Gasteiger partial charge in [-0.2, -0.15) is 13.1 Å². The van der Waals surface area contributed by atoms with Gasteiger partial charge in [-0.15, -0.1) is 0 Å². The van der Waals surface area contributed by atoms with Crippen molar-refractivity contribution < 1.29 is 32.9 Å². The maximum absolute atomic E-state index is 13.1. The number of hydrogen-bond acceptors (Lipinski definition) is 6. The van der Waals surface area contributed by atoms with Gasteiger partial charge in [-0.3, -0.25) is 5.04 Å². The molecule has 21 heavy (non-hydrogen) atoms. The van der Waals surface area contributed by atoms with Gasteiger partial charge in [0, 0.05) is 6.42 Å². The molecular weight excluding hydrogens is 306 g/mol. The van der Waals surface area contributed by atoms with Crippen LogP contribution in [0.3, 0.4) is 0 Å². The summed E-state index contributed by atoms with van der Waals surface area (Å²) in [5, 5.41) is 8.30. The summed E-state index contributed by atoms with van der Waals surface area (Å²) in [7, 11) is 0. The van der Waals surface area contributed by atoms with E-state index in [2.05, 4.69) is 34.0 Å². The third-order valence-electron chi connectivity index (χ3n) is 4.61. The molecule has 2 atom stereocenters. The van der Waals surface area contributed by atoms with Crippen LogP contribution in [0.4, 0.5) is 8.78 Å². The van der Waals surface area contributed by atoms with Gasteiger partial charge in [0.25, 0.3) is 0 Å². The van der Waals surface area contributed by atoms with E-state index in [0.717, 1.165) is 12.8 Å². The lowest BCUT2D eigenvalue weighted by Gasteiger charge is -2.56. The van der Waals surface area contributed by atoms with Crippen molar-refractivity contribution in [3.8, 4) is 0 Å². The van der Waals surface area contributed by atoms with E-state index in [9.17, 15) is 18.8 Å². The lowest BCUT2D eigenvalue weighted by atomic mass is 9.48. The molecular formula is C13H17F2O5S-. The van der Waals surface area contributed by atoms with E-state index in [1.807, 2.05) is 0 Å². The van der Waals surface area contributed by atoms with Crippen LogP contribution in [0, 0.1) is 17.3 Å². The normalized spacial score (nSPS) is 26.8. The van der Waals surface area contributed by atoms with Crippen LogP contribution in [0.5, 0.6) is 0 Å². The summed E-state index contributed by atoms with van der Waals surface area (Å²) in [6.45, 7) is 4.29. The Kier molecular flexibility index (Phi) is 4.92. The molecule has 0 amide bonds. The number of ether oxygens (including phenoxy) is 1. The van der Waals surface area contributed by atoms with Crippen molar-refractivity contribution in [2.75, 3.05) is 6.61 Å². The highest BCUT2D eigenvalue weighted by Crippen LogP contribution is 2.59. The third-order valence-corrected chi connectivity index (χ3v) is 5.11. The van der Waals surface area contributed by atoms with Gasteiger partial charge in [-0.25, -0.2) is 4.79 Å². The zero-order chi connectivity index (χ0) is 15.7. The quantitative estimate of drug-likeness (QED) is 0.236. The maximum atomic E-state index is 13.1. The van der Waals surface area contributed by atoms with Gasteiger partial charge in [0.2, 0.25) is 0 Å². The number of fused-ring (bicyclic) bond motifs is 1. The second-order valence-corrected chi connectivity index (χ2v) is 6.76. The van der Waals surface area contributed by atoms with Crippen LogP contribution >= 0.6 is 12.0 Å². The molecule has 1 fully saturated rings. The van der Waals surface area contributed by atoms with E-state index in [1.54, 1.807) is 0 Å². The molecule has 3 aliphatic carbocycles. The van der Waals surface area contributed by atoms with Gasteiger partial charge < -0.3 is 9.99 Å². The highest BCUT2D eigenvalue weighted by atomic mass is 32.2. The number of allylic oxidation sites excluding steroid dienone is 1. The maximum Gasteiger partial charge on any atom is 0.415 e. The molecule has 0 heterocycles. The molecule has 120 valence electrons. The van der Waals surface area contributed by atoms with Crippen LogP contribution in [0.25, 0.3) is 0 Å². The summed E-state index contributed by atoms with van der Waals surface area (Å²) in [5.74, 6) is -0.604. The standard InChI is InChI=1S/C13H18F2O5S/c1-12(2)9-4-3-8(10(12)7-9)5-6-18-11(16)13(14,15)21-20-19-17/h3,9-10,17H,4-7H2,1-2H3/p-1. The summed E-state index contributed by atoms with van der Waals surface area (Å²) in [6, 6.07) is 0. The second kappa shape index (κ2) is 6.20. The monoisotopic (exact) mass is 323 g/mol. The highest BCUT2D eigenvalue weighted by molar-refractivity contribution is 7.96. The Labute approximate surface area is 125 Å². The molecule has 0 N–H and O–H groups in total. The lowest BCUT2D eigenvalue weighted by molar-refractivity contribution is -0.777. The molecule has 5 nitrogen and oxygen atoms in total. The first-order chi connectivity index (χ1) is 9.79. The molecule has 0 saturated heterocycles. The third kappa shape index (κ3) is 3.39. The van der Waals surface area contributed by atoms with Crippen LogP contribution in [0.1, 0.15) is 33.1 Å². The number of alkyl halides is 2. The number of hydrogen-bond donors (Lipinski definition) is 0. The number of esters is 1. The largest absolute Gasteiger partial charge is 0.691 e. The molecule has 0 spiro atoms. The molecule has 2 bridgehead atoms. The number of rotatable bonds is 7. The van der Waals surface area contributed by atoms with E-state index < -0.39 is 23.3 Å². The minimum atomic E-state index is -3.97. The van der Waals surface area contributed by atoms with Gasteiger partial charge in [-0.05, 0) is 30.1 Å². The van der Waals surface area contributed by atoms with E-state index in [0.29, 0.717) is 18.3 Å². The van der Waals surface area contributed by atoms with Crippen molar-refractivity contribution in [1.82, 2.24) is 0 Å². The predicted octanol–water partition coefficient (Wildman–Crippen LogP) is 2.38. The summed E-state index contributed by atoms with van der Waals surface area (Å²) >= 11 is -0.676. The Hall–Kier alpha value is -0.700. The zero-order valence-corrected chi connectivity index (χ0v) is 12.6. The van der Waals surface area contributed by atoms with Crippen molar-refractivity contribution in [3.63, 3.8) is 0 Å². The van der Waals surface area contributed by atoms with Crippen molar-refractivity contribution in [2.45, 2.75) is 38.4 Å². The molecule has 3 rings (SSSR count). The molecule has 0 aliphatic heterocycles. The average Bonchev–Trinajstić information content (AvgIpc) is 2.45. The average molecular weight is 323 g/mol. The van der Waals surface area contributed by atoms with Crippen molar-refractivity contribution in [3.05, 3.63) is 11.6 Å². The fourth-order valence-corrected chi connectivity index (χ4v) is 3.43. The van der Waals surface area contributed by atoms with Gasteiger partial charge in [0.15, 0.2) is 0 Å². The van der Waals surface area contributed by atoms with Crippen LogP contribution in [0.2, 0.25) is 0 Å². The number of halogens is 2. The Morgan fingerprint density at radius 1 is 1.57 bits per heavy atom. The predicted molar refractivity (Wildman–Crippen MR) is 68.4 cm³/mol. The Bertz CT molecular complexity index is 438. The first-order valence-corrected chi connectivity index (χ1v) is 7.41. The summed E-state index contributed by atoms with van der Waals surface area (Å²) < 4.78 is 34.2. The van der Waals surface area contributed by atoms with Crippen molar-refractivity contribution in [1.29, 1.82) is 0 Å². The smallest absolute Gasteiger partial charge is 0.415 e. The number of carbonyl (C=O) groups excluding carboxylic acids is 1. The number of carbonyl (C=O) groups is 1. The Morgan fingerprint density at radius 3 is 2.86 bits per heavy atom. The van der Waals surface area contributed by atoms with E-state index in [-0.39, 0.29) is 12.0 Å². The molecule has 2 unspecified atom stereocenters. The minimum Gasteiger partial charge on any atom is -0.691 e. The van der Waals surface area contributed by atoms with E-state index in [1.165, 1.54) is 5.57 Å². The molecule has 0 radical (unpaired) electrons. The van der Waals surface area contributed by atoms with Crippen LogP contribution in [0.15, 0.2) is 11.6 Å². The molecule has 1 saturated carbocycles. The van der Waals surface area contributed by atoms with Gasteiger partial charge in [0.1, 0.15) is 12.0 Å². The van der Waals surface area contributed by atoms with Crippen molar-refractivity contribution >= 4 is 18.0 Å². The van der Waals surface area contributed by atoms with Crippen molar-refractivity contribution in [2.24, 2.45) is 17.3 Å². The topological polar surface area (TPSA) is 67.8 Å². The van der Waals surface area contributed by atoms with Gasteiger partial charge >= 0.3 is 11.2 Å². The Morgan fingerprint density at radius 2 is 2.29 bits per heavy atom. The lowest BCUT2D eigenvalue weighted by Crippen LogP contribution is -2.48. The SMILES string of the molecule is CC1(C)C2CC=C(CCOC(=O)C(F)(F)SOO[O-])C1C2. The van der Waals surface area contributed by atoms with Gasteiger partial charge in [0.05, 0.1) is 6.61 Å². The van der Waals surface area contributed by atoms with E-state index >= 15 is 0 Å². The molecule has 3 aliphatic rings. The van der Waals surface area contributed by atoms with Crippen LogP contribution in [-0.2, 0) is 18.9 Å². The second-order valence-electron chi connectivity index (χ2n) is 5.94. The van der Waals surface area contributed by atoms with E-state index in [4.69, 9.17) is 0 Å². The van der Waals surface area contributed by atoms with Crippen LogP contribution < -0.4 is 5.26 Å². The molecule has 0 aromatic rings. The first-order valence-electron chi connectivity index (χ1n) is 6.67. The van der Waals surface area contributed by atoms with Crippen LogP contribution in [-0.4, -0.2) is 17.8 Å². The molecule has 0 aromatic heterocycles. The summed E-state index contributed by atoms with van der Waals surface area (Å²) in [5.41, 5.74) is 1.41. The molecule has 8 heteroatoms. The fraction of sp³-hybridized carbons (Fsp3) is 0.769. The highest BCUT2D eigenvalue weighted by Gasteiger charge is 2.51. The first kappa shape index (κ1) is 16.7. The Balaban J connectivity index is 1.77. The summed E-state index contributed by atoms with van der Waals surface area (Å²) in [4.78, 5) is 11.2. The van der Waals surface area contributed by atoms with Gasteiger partial charge in [-0.1, -0.05) is 25.5 Å². The summed E-state index contributed by atoms with van der Waals surface area (Å²) in [6.07, 6.45) is 4.69. The molecule has 0 aromatic carbocycles. The minimum absolute atomic E-state index is 0.115. The zero-order valence-electron chi connectivity index (χ0n) is 11.8.